The second-order valence-electron chi connectivity index (χ2n) is 4.93. The minimum atomic E-state index is -3.57. The summed E-state index contributed by atoms with van der Waals surface area (Å²) >= 11 is 12.8. The smallest absolute Gasteiger partial charge is 0.243 e. The summed E-state index contributed by atoms with van der Waals surface area (Å²) in [7, 11) is -3.57. The van der Waals surface area contributed by atoms with E-state index in [0.717, 1.165) is 50.2 Å². The number of halogens is 2. The average Bonchev–Trinajstić information content (AvgIpc) is 2.72. The Balaban J connectivity index is 1.98. The molecule has 8 heteroatoms. The van der Waals surface area contributed by atoms with E-state index in [2.05, 4.69) is 16.5 Å². The van der Waals surface area contributed by atoms with Crippen LogP contribution in [-0.2, 0) is 10.0 Å². The zero-order chi connectivity index (χ0) is 14.8. The quantitative estimate of drug-likeness (QED) is 0.880. The fourth-order valence-electron chi connectivity index (χ4n) is 2.38. The van der Waals surface area contributed by atoms with E-state index < -0.39 is 10.0 Å². The molecule has 0 radical (unpaired) electrons. The number of sulfonamides is 1. The third-order valence-electron chi connectivity index (χ3n) is 3.36. The molecular weight excluding hydrogens is 339 g/mol. The van der Waals surface area contributed by atoms with E-state index >= 15 is 0 Å². The van der Waals surface area contributed by atoms with Gasteiger partial charge in [0.2, 0.25) is 10.0 Å². The number of nitrogens with one attached hydrogen (secondary N) is 1. The highest BCUT2D eigenvalue weighted by molar-refractivity contribution is 7.89. The van der Waals surface area contributed by atoms with Crippen molar-refractivity contribution in [3.05, 3.63) is 14.7 Å². The number of hydrogen-bond acceptors (Lipinski definition) is 4. The molecule has 2 heterocycles. The first-order valence-corrected chi connectivity index (χ1v) is 9.67. The van der Waals surface area contributed by atoms with E-state index in [-0.39, 0.29) is 15.3 Å². The molecule has 0 aliphatic carbocycles. The van der Waals surface area contributed by atoms with Gasteiger partial charge in [-0.3, -0.25) is 0 Å². The predicted molar refractivity (Wildman–Crippen MR) is 84.4 cm³/mol. The van der Waals surface area contributed by atoms with Crippen LogP contribution in [0.5, 0.6) is 0 Å². The van der Waals surface area contributed by atoms with Gasteiger partial charge in [-0.05, 0) is 45.0 Å². The van der Waals surface area contributed by atoms with Crippen molar-refractivity contribution >= 4 is 44.6 Å². The molecule has 1 saturated heterocycles. The highest BCUT2D eigenvalue weighted by Crippen LogP contribution is 2.34. The predicted octanol–water partition coefficient (Wildman–Crippen LogP) is 3.21. The second-order valence-corrected chi connectivity index (χ2v) is 8.89. The number of hydrogen-bond donors (Lipinski definition) is 1. The van der Waals surface area contributed by atoms with Crippen LogP contribution in [0, 0.1) is 0 Å². The Bertz CT molecular complexity index is 552. The van der Waals surface area contributed by atoms with E-state index in [1.165, 1.54) is 6.07 Å². The molecule has 1 aliphatic heterocycles. The molecular formula is C12H18Cl2N2O2S2. The molecule has 0 unspecified atom stereocenters. The molecule has 20 heavy (non-hydrogen) atoms. The maximum Gasteiger partial charge on any atom is 0.243 e. The Morgan fingerprint density at radius 3 is 2.55 bits per heavy atom. The zero-order valence-corrected chi connectivity index (χ0v) is 14.4. The molecule has 0 aromatic carbocycles. The van der Waals surface area contributed by atoms with Crippen molar-refractivity contribution in [1.29, 1.82) is 0 Å². The van der Waals surface area contributed by atoms with E-state index in [0.29, 0.717) is 4.34 Å². The molecule has 0 spiro atoms. The first kappa shape index (κ1) is 16.5. The molecule has 0 saturated carbocycles. The van der Waals surface area contributed by atoms with Crippen LogP contribution in [0.1, 0.15) is 26.2 Å². The van der Waals surface area contributed by atoms with E-state index in [9.17, 15) is 8.42 Å². The third kappa shape index (κ3) is 4.08. The lowest BCUT2D eigenvalue weighted by molar-refractivity contribution is 0.208. The maximum atomic E-state index is 12.3. The SMILES string of the molecule is CCCN1CCC(NS(=O)(=O)c2cc(Cl)sc2Cl)CC1. The number of likely N-dealkylation sites (tertiary alicyclic amines) is 1. The van der Waals surface area contributed by atoms with Crippen LogP contribution >= 0.6 is 34.5 Å². The number of thiophene rings is 1. The first-order chi connectivity index (χ1) is 9.42. The Morgan fingerprint density at radius 2 is 2.05 bits per heavy atom. The van der Waals surface area contributed by atoms with Crippen molar-refractivity contribution in [2.75, 3.05) is 19.6 Å². The van der Waals surface area contributed by atoms with Crippen LogP contribution in [0.4, 0.5) is 0 Å². The summed E-state index contributed by atoms with van der Waals surface area (Å²) in [5.74, 6) is 0. The molecule has 114 valence electrons. The summed E-state index contributed by atoms with van der Waals surface area (Å²) in [5.41, 5.74) is 0. The molecule has 2 rings (SSSR count). The number of rotatable bonds is 5. The average molecular weight is 357 g/mol. The lowest BCUT2D eigenvalue weighted by atomic mass is 10.1. The van der Waals surface area contributed by atoms with Gasteiger partial charge in [-0.25, -0.2) is 13.1 Å². The van der Waals surface area contributed by atoms with Gasteiger partial charge < -0.3 is 4.90 Å². The van der Waals surface area contributed by atoms with Gasteiger partial charge in [-0.2, -0.15) is 0 Å². The van der Waals surface area contributed by atoms with Crippen LogP contribution in [0.3, 0.4) is 0 Å². The van der Waals surface area contributed by atoms with Gasteiger partial charge in [0.05, 0.1) is 4.34 Å². The monoisotopic (exact) mass is 356 g/mol. The van der Waals surface area contributed by atoms with Gasteiger partial charge in [0, 0.05) is 6.04 Å². The van der Waals surface area contributed by atoms with Crippen LogP contribution in [-0.4, -0.2) is 39.0 Å². The lowest BCUT2D eigenvalue weighted by Gasteiger charge is -2.31. The summed E-state index contributed by atoms with van der Waals surface area (Å²) in [4.78, 5) is 2.45. The van der Waals surface area contributed by atoms with Crippen molar-refractivity contribution < 1.29 is 8.42 Å². The summed E-state index contributed by atoms with van der Waals surface area (Å²) in [6, 6.07) is 1.38. The molecule has 1 N–H and O–H groups in total. The van der Waals surface area contributed by atoms with Gasteiger partial charge >= 0.3 is 0 Å². The van der Waals surface area contributed by atoms with Gasteiger partial charge in [0.15, 0.2) is 0 Å². The molecule has 0 bridgehead atoms. The molecule has 1 aromatic heterocycles. The maximum absolute atomic E-state index is 12.3. The van der Waals surface area contributed by atoms with Gasteiger partial charge in [-0.1, -0.05) is 30.1 Å². The molecule has 0 amide bonds. The minimum absolute atomic E-state index is 0.0251. The molecule has 1 aromatic rings. The van der Waals surface area contributed by atoms with Crippen LogP contribution < -0.4 is 4.72 Å². The minimum Gasteiger partial charge on any atom is -0.303 e. The Hall–Kier alpha value is 0.150. The molecule has 0 atom stereocenters. The number of piperidine rings is 1. The highest BCUT2D eigenvalue weighted by Gasteiger charge is 2.27. The normalized spacial score (nSPS) is 18.6. The summed E-state index contributed by atoms with van der Waals surface area (Å²) in [5, 5.41) is 0. The molecule has 1 fully saturated rings. The molecule has 4 nitrogen and oxygen atoms in total. The second kappa shape index (κ2) is 6.94. The van der Waals surface area contributed by atoms with E-state index in [1.54, 1.807) is 0 Å². The van der Waals surface area contributed by atoms with Crippen LogP contribution in [0.2, 0.25) is 8.67 Å². The van der Waals surface area contributed by atoms with Crippen LogP contribution in [0.15, 0.2) is 11.0 Å². The third-order valence-corrected chi connectivity index (χ3v) is 6.64. The first-order valence-electron chi connectivity index (χ1n) is 6.62. The highest BCUT2D eigenvalue weighted by atomic mass is 35.5. The Labute approximate surface area is 134 Å². The zero-order valence-electron chi connectivity index (χ0n) is 11.2. The van der Waals surface area contributed by atoms with Crippen LogP contribution in [0.25, 0.3) is 0 Å². The van der Waals surface area contributed by atoms with Crippen molar-refractivity contribution in [2.24, 2.45) is 0 Å². The fourth-order valence-corrected chi connectivity index (χ4v) is 5.84. The Morgan fingerprint density at radius 1 is 1.40 bits per heavy atom. The summed E-state index contributed by atoms with van der Waals surface area (Å²) in [6.07, 6.45) is 2.78. The topological polar surface area (TPSA) is 49.4 Å². The van der Waals surface area contributed by atoms with Gasteiger partial charge in [0.25, 0.3) is 0 Å². The lowest BCUT2D eigenvalue weighted by Crippen LogP contribution is -2.44. The van der Waals surface area contributed by atoms with Gasteiger partial charge in [0.1, 0.15) is 9.23 Å². The van der Waals surface area contributed by atoms with E-state index in [1.807, 2.05) is 0 Å². The standard InChI is InChI=1S/C12H18Cl2N2O2S2/c1-2-5-16-6-3-9(4-7-16)15-20(17,18)10-8-11(13)19-12(10)14/h8-9,15H,2-7H2,1H3. The number of nitrogens with zero attached hydrogens (tertiary/aromatic N) is 1. The summed E-state index contributed by atoms with van der Waals surface area (Å²) < 4.78 is 27.9. The molecule has 1 aliphatic rings. The van der Waals surface area contributed by atoms with Gasteiger partial charge in [-0.15, -0.1) is 11.3 Å². The fraction of sp³-hybridized carbons (Fsp3) is 0.667. The van der Waals surface area contributed by atoms with Crippen molar-refractivity contribution in [3.63, 3.8) is 0 Å². The van der Waals surface area contributed by atoms with Crippen molar-refractivity contribution in [1.82, 2.24) is 9.62 Å². The van der Waals surface area contributed by atoms with Crippen molar-refractivity contribution in [2.45, 2.75) is 37.1 Å². The largest absolute Gasteiger partial charge is 0.303 e. The van der Waals surface area contributed by atoms with Crippen molar-refractivity contribution in [3.8, 4) is 0 Å². The Kier molecular flexibility index (Phi) is 5.73. The summed E-state index contributed by atoms with van der Waals surface area (Å²) in [6.45, 7) is 5.08. The van der Waals surface area contributed by atoms with E-state index in [4.69, 9.17) is 23.2 Å².